The third-order valence-electron chi connectivity index (χ3n) is 2.69. The summed E-state index contributed by atoms with van der Waals surface area (Å²) >= 11 is 11.6. The van der Waals surface area contributed by atoms with Crippen LogP contribution in [-0.4, -0.2) is 10.9 Å². The predicted molar refractivity (Wildman–Crippen MR) is 78.7 cm³/mol. The number of non-ortho nitro benzene ring substituents is 1. The first-order valence-electron chi connectivity index (χ1n) is 5.83. The number of hydrogen-bond acceptors (Lipinski definition) is 4. The fourth-order valence-electron chi connectivity index (χ4n) is 1.58. The van der Waals surface area contributed by atoms with E-state index in [1.165, 1.54) is 18.2 Å². The molecule has 0 heterocycles. The van der Waals surface area contributed by atoms with Crippen molar-refractivity contribution in [2.45, 2.75) is 6.61 Å². The zero-order valence-electron chi connectivity index (χ0n) is 10.6. The molecular weight excluding hydrogens is 317 g/mol. The van der Waals surface area contributed by atoms with Gasteiger partial charge < -0.3 is 4.74 Å². The Balaban J connectivity index is 2.04. The minimum atomic E-state index is -0.546. The summed E-state index contributed by atoms with van der Waals surface area (Å²) in [5.74, 6) is -0.527. The molecule has 0 bridgehead atoms. The first-order valence-corrected chi connectivity index (χ1v) is 6.58. The fraction of sp³-hybridized carbons (Fsp3) is 0.0714. The van der Waals surface area contributed by atoms with Gasteiger partial charge in [0.15, 0.2) is 0 Å². The van der Waals surface area contributed by atoms with Gasteiger partial charge >= 0.3 is 5.97 Å². The van der Waals surface area contributed by atoms with Crippen LogP contribution < -0.4 is 0 Å². The number of nitrogens with zero attached hydrogens (tertiary/aromatic N) is 1. The summed E-state index contributed by atoms with van der Waals surface area (Å²) in [5.41, 5.74) is 0.731. The lowest BCUT2D eigenvalue weighted by molar-refractivity contribution is -0.384. The molecule has 5 nitrogen and oxygen atoms in total. The van der Waals surface area contributed by atoms with Crippen LogP contribution in [0.15, 0.2) is 42.5 Å². The molecule has 0 saturated carbocycles. The van der Waals surface area contributed by atoms with Crippen molar-refractivity contribution in [3.63, 3.8) is 0 Å². The largest absolute Gasteiger partial charge is 0.457 e. The molecule has 21 heavy (non-hydrogen) atoms. The van der Waals surface area contributed by atoms with E-state index in [0.29, 0.717) is 16.1 Å². The maximum Gasteiger partial charge on any atom is 0.338 e. The molecule has 2 rings (SSSR count). The van der Waals surface area contributed by atoms with Crippen LogP contribution in [0.2, 0.25) is 10.0 Å². The van der Waals surface area contributed by atoms with Crippen LogP contribution in [0.25, 0.3) is 0 Å². The van der Waals surface area contributed by atoms with E-state index in [9.17, 15) is 14.9 Å². The summed E-state index contributed by atoms with van der Waals surface area (Å²) in [7, 11) is 0. The number of nitro benzene ring substituents is 1. The molecule has 108 valence electrons. The molecule has 0 aliphatic rings. The van der Waals surface area contributed by atoms with Gasteiger partial charge in [0, 0.05) is 22.7 Å². The van der Waals surface area contributed by atoms with E-state index in [4.69, 9.17) is 27.9 Å². The molecule has 2 aromatic rings. The van der Waals surface area contributed by atoms with Gasteiger partial charge in [-0.25, -0.2) is 4.79 Å². The molecule has 0 spiro atoms. The molecule has 2 aromatic carbocycles. The maximum atomic E-state index is 11.8. The van der Waals surface area contributed by atoms with Crippen molar-refractivity contribution in [2.75, 3.05) is 0 Å². The molecule has 0 fully saturated rings. The van der Waals surface area contributed by atoms with E-state index in [2.05, 4.69) is 0 Å². The Hall–Kier alpha value is -2.11. The highest BCUT2D eigenvalue weighted by atomic mass is 35.5. The lowest BCUT2D eigenvalue weighted by Crippen LogP contribution is -2.05. The third kappa shape index (κ3) is 3.93. The predicted octanol–water partition coefficient (Wildman–Crippen LogP) is 4.26. The molecule has 0 unspecified atom stereocenters. The van der Waals surface area contributed by atoms with Gasteiger partial charge in [0.25, 0.3) is 5.69 Å². The van der Waals surface area contributed by atoms with Gasteiger partial charge in [-0.3, -0.25) is 10.1 Å². The second-order valence-corrected chi connectivity index (χ2v) is 4.96. The lowest BCUT2D eigenvalue weighted by Gasteiger charge is -2.06. The van der Waals surface area contributed by atoms with E-state index in [1.54, 1.807) is 24.3 Å². The highest BCUT2D eigenvalue weighted by molar-refractivity contribution is 6.31. The van der Waals surface area contributed by atoms with Gasteiger partial charge in [-0.15, -0.1) is 0 Å². The molecule has 0 N–H and O–H groups in total. The molecule has 0 aliphatic carbocycles. The molecule has 0 atom stereocenters. The number of rotatable bonds is 4. The van der Waals surface area contributed by atoms with Crippen LogP contribution in [0.1, 0.15) is 15.9 Å². The van der Waals surface area contributed by atoms with Crippen LogP contribution >= 0.6 is 23.2 Å². The van der Waals surface area contributed by atoms with Crippen LogP contribution in [0.4, 0.5) is 5.69 Å². The minimum absolute atomic E-state index is 0.0711. The Morgan fingerprint density at radius 1 is 1.14 bits per heavy atom. The molecular formula is C14H9Cl2NO4. The van der Waals surface area contributed by atoms with Crippen molar-refractivity contribution in [1.82, 2.24) is 0 Å². The quantitative estimate of drug-likeness (QED) is 0.478. The molecule has 0 amide bonds. The van der Waals surface area contributed by atoms with Gasteiger partial charge in [-0.05, 0) is 30.3 Å². The highest BCUT2D eigenvalue weighted by Gasteiger charge is 2.12. The van der Waals surface area contributed by atoms with Crippen molar-refractivity contribution in [1.29, 1.82) is 0 Å². The van der Waals surface area contributed by atoms with E-state index < -0.39 is 10.9 Å². The summed E-state index contributed by atoms with van der Waals surface area (Å²) in [5, 5.41) is 11.3. The van der Waals surface area contributed by atoms with Crippen molar-refractivity contribution in [2.24, 2.45) is 0 Å². The van der Waals surface area contributed by atoms with Crippen molar-refractivity contribution in [3.8, 4) is 0 Å². The summed E-state index contributed by atoms with van der Waals surface area (Å²) in [6.07, 6.45) is 0. The average Bonchev–Trinajstić information content (AvgIpc) is 2.46. The zero-order valence-corrected chi connectivity index (χ0v) is 12.1. The van der Waals surface area contributed by atoms with Gasteiger partial charge in [0.1, 0.15) is 6.61 Å². The Kier molecular flexibility index (Phi) is 4.77. The first kappa shape index (κ1) is 15.3. The summed E-state index contributed by atoms with van der Waals surface area (Å²) < 4.78 is 5.10. The van der Waals surface area contributed by atoms with Crippen LogP contribution in [0.5, 0.6) is 0 Å². The Labute approximate surface area is 130 Å². The number of ether oxygens (including phenoxy) is 1. The minimum Gasteiger partial charge on any atom is -0.457 e. The Morgan fingerprint density at radius 2 is 1.81 bits per heavy atom. The first-order chi connectivity index (χ1) is 9.97. The molecule has 7 heteroatoms. The summed E-state index contributed by atoms with van der Waals surface area (Å²) in [6.45, 7) is -0.0711. The van der Waals surface area contributed by atoms with Crippen molar-refractivity contribution < 1.29 is 14.5 Å². The number of benzene rings is 2. The topological polar surface area (TPSA) is 69.4 Å². The van der Waals surface area contributed by atoms with Crippen molar-refractivity contribution in [3.05, 3.63) is 73.8 Å². The Morgan fingerprint density at radius 3 is 2.38 bits per heavy atom. The molecule has 0 radical (unpaired) electrons. The van der Waals surface area contributed by atoms with Crippen molar-refractivity contribution >= 4 is 34.9 Å². The lowest BCUT2D eigenvalue weighted by atomic mass is 10.2. The monoisotopic (exact) mass is 325 g/mol. The molecule has 0 saturated heterocycles. The maximum absolute atomic E-state index is 11.8. The van der Waals surface area contributed by atoms with E-state index in [0.717, 1.165) is 0 Å². The number of carbonyl (C=O) groups excluding carboxylic acids is 1. The number of esters is 1. The van der Waals surface area contributed by atoms with E-state index in [-0.39, 0.29) is 17.3 Å². The van der Waals surface area contributed by atoms with Gasteiger partial charge in [0.05, 0.1) is 15.5 Å². The average molecular weight is 326 g/mol. The summed E-state index contributed by atoms with van der Waals surface area (Å²) in [4.78, 5) is 21.8. The van der Waals surface area contributed by atoms with E-state index in [1.807, 2.05) is 0 Å². The fourth-order valence-corrected chi connectivity index (χ4v) is 1.93. The Bertz CT molecular complexity index is 686. The van der Waals surface area contributed by atoms with E-state index >= 15 is 0 Å². The second kappa shape index (κ2) is 6.56. The zero-order chi connectivity index (χ0) is 15.4. The molecule has 0 aliphatic heterocycles. The van der Waals surface area contributed by atoms with Gasteiger partial charge in [0.2, 0.25) is 0 Å². The highest BCUT2D eigenvalue weighted by Crippen LogP contribution is 2.23. The number of nitro groups is 1. The normalized spacial score (nSPS) is 10.2. The second-order valence-electron chi connectivity index (χ2n) is 4.12. The van der Waals surface area contributed by atoms with Gasteiger partial charge in [-0.1, -0.05) is 23.2 Å². The standard InChI is InChI=1S/C14H9Cl2NO4/c15-11-4-1-9(2-5-11)14(18)21-8-10-3-6-12(17(19)20)7-13(10)16/h1-7H,8H2. The SMILES string of the molecule is O=C(OCc1ccc([N+](=O)[O-])cc1Cl)c1ccc(Cl)cc1. The number of carbonyl (C=O) groups is 1. The molecule has 0 aromatic heterocycles. The van der Waals surface area contributed by atoms with Gasteiger partial charge in [-0.2, -0.15) is 0 Å². The number of hydrogen-bond donors (Lipinski definition) is 0. The third-order valence-corrected chi connectivity index (χ3v) is 3.29. The number of halogens is 2. The van der Waals surface area contributed by atoms with Crippen LogP contribution in [-0.2, 0) is 11.3 Å². The smallest absolute Gasteiger partial charge is 0.338 e. The summed E-state index contributed by atoms with van der Waals surface area (Å²) in [6, 6.07) is 10.2. The van der Waals surface area contributed by atoms with Crippen LogP contribution in [0.3, 0.4) is 0 Å². The van der Waals surface area contributed by atoms with Crippen LogP contribution in [0, 0.1) is 10.1 Å².